The quantitative estimate of drug-likeness (QED) is 0.558. The summed E-state index contributed by atoms with van der Waals surface area (Å²) in [6.07, 6.45) is 0. The second kappa shape index (κ2) is 7.31. The second-order valence-electron chi connectivity index (χ2n) is 4.14. The Bertz CT molecular complexity index is 623. The Kier molecular flexibility index (Phi) is 5.44. The topological polar surface area (TPSA) is 44.8 Å². The minimum absolute atomic E-state index is 0.327. The van der Waals surface area contributed by atoms with Crippen LogP contribution in [0.5, 0.6) is 17.2 Å². The van der Waals surface area contributed by atoms with Crippen molar-refractivity contribution in [3.05, 3.63) is 51.6 Å². The van der Waals surface area contributed by atoms with Gasteiger partial charge in [0.1, 0.15) is 17.2 Å². The molecule has 5 heteroatoms. The van der Waals surface area contributed by atoms with Gasteiger partial charge in [-0.25, -0.2) is 4.79 Å². The monoisotopic (exact) mass is 398 g/mol. The molecule has 0 aromatic heterocycles. The van der Waals surface area contributed by atoms with Crippen LogP contribution in [0.3, 0.4) is 0 Å². The van der Waals surface area contributed by atoms with Crippen LogP contribution in [0.1, 0.15) is 17.3 Å². The minimum Gasteiger partial charge on any atom is -0.497 e. The molecule has 0 spiro atoms. The molecule has 0 bridgehead atoms. The predicted octanol–water partition coefficient (Wildman–Crippen LogP) is 4.27. The van der Waals surface area contributed by atoms with Gasteiger partial charge in [0, 0.05) is 0 Å². The van der Waals surface area contributed by atoms with Gasteiger partial charge in [-0.3, -0.25) is 0 Å². The number of carbonyl (C=O) groups excluding carboxylic acids is 1. The van der Waals surface area contributed by atoms with Crippen LogP contribution in [0.4, 0.5) is 0 Å². The molecule has 0 aliphatic carbocycles. The lowest BCUT2D eigenvalue weighted by Crippen LogP contribution is -2.04. The predicted molar refractivity (Wildman–Crippen MR) is 88.2 cm³/mol. The van der Waals surface area contributed by atoms with Gasteiger partial charge in [-0.15, -0.1) is 0 Å². The van der Waals surface area contributed by atoms with Gasteiger partial charge in [0.25, 0.3) is 0 Å². The van der Waals surface area contributed by atoms with E-state index in [-0.39, 0.29) is 5.97 Å². The van der Waals surface area contributed by atoms with E-state index >= 15 is 0 Å². The molecule has 0 atom stereocenters. The zero-order valence-electron chi connectivity index (χ0n) is 11.8. The number of hydrogen-bond acceptors (Lipinski definition) is 4. The molecule has 4 nitrogen and oxygen atoms in total. The maximum absolute atomic E-state index is 11.7. The van der Waals surface area contributed by atoms with Crippen LogP contribution in [0.15, 0.2) is 42.5 Å². The fourth-order valence-electron chi connectivity index (χ4n) is 1.70. The fourth-order valence-corrected chi connectivity index (χ4v) is 2.32. The highest BCUT2D eigenvalue weighted by molar-refractivity contribution is 14.1. The summed E-state index contributed by atoms with van der Waals surface area (Å²) in [5, 5.41) is 0. The molecular formula is C16H15IO4. The van der Waals surface area contributed by atoms with E-state index in [0.717, 1.165) is 9.32 Å². The number of benzene rings is 2. The van der Waals surface area contributed by atoms with Gasteiger partial charge in [0.2, 0.25) is 0 Å². The van der Waals surface area contributed by atoms with E-state index in [1.807, 2.05) is 24.3 Å². The fraction of sp³-hybridized carbons (Fsp3) is 0.188. The average molecular weight is 398 g/mol. The Hall–Kier alpha value is -1.76. The van der Waals surface area contributed by atoms with Crippen molar-refractivity contribution < 1.29 is 19.0 Å². The van der Waals surface area contributed by atoms with Crippen LogP contribution in [0, 0.1) is 3.57 Å². The number of ether oxygens (including phenoxy) is 3. The molecule has 0 fully saturated rings. The van der Waals surface area contributed by atoms with Gasteiger partial charge in [0.15, 0.2) is 0 Å². The lowest BCUT2D eigenvalue weighted by Gasteiger charge is -2.09. The van der Waals surface area contributed by atoms with Crippen LogP contribution in [-0.2, 0) is 4.74 Å². The molecule has 110 valence electrons. The first-order valence-electron chi connectivity index (χ1n) is 6.42. The Labute approximate surface area is 137 Å². The van der Waals surface area contributed by atoms with Gasteiger partial charge >= 0.3 is 5.97 Å². The second-order valence-corrected chi connectivity index (χ2v) is 5.31. The molecule has 0 aliphatic rings. The van der Waals surface area contributed by atoms with Crippen LogP contribution >= 0.6 is 22.6 Å². The molecule has 0 saturated heterocycles. The van der Waals surface area contributed by atoms with Crippen molar-refractivity contribution in [3.63, 3.8) is 0 Å². The van der Waals surface area contributed by atoms with Crippen molar-refractivity contribution >= 4 is 28.6 Å². The number of rotatable bonds is 5. The highest BCUT2D eigenvalue weighted by Crippen LogP contribution is 2.28. The lowest BCUT2D eigenvalue weighted by molar-refractivity contribution is 0.0526. The Morgan fingerprint density at radius 2 is 1.76 bits per heavy atom. The SMILES string of the molecule is CCOC(=O)c1ccc(Oc2ccc(OC)cc2)c(I)c1. The summed E-state index contributed by atoms with van der Waals surface area (Å²) in [5.74, 6) is 1.84. The van der Waals surface area contributed by atoms with Crippen LogP contribution < -0.4 is 9.47 Å². The third-order valence-electron chi connectivity index (χ3n) is 2.73. The van der Waals surface area contributed by atoms with Crippen LogP contribution in [0.25, 0.3) is 0 Å². The largest absolute Gasteiger partial charge is 0.497 e. The molecule has 21 heavy (non-hydrogen) atoms. The molecule has 2 rings (SSSR count). The van der Waals surface area contributed by atoms with Gasteiger partial charge in [-0.05, 0) is 72.0 Å². The summed E-state index contributed by atoms with van der Waals surface area (Å²) in [6, 6.07) is 12.5. The van der Waals surface area contributed by atoms with E-state index in [2.05, 4.69) is 22.6 Å². The molecule has 2 aromatic carbocycles. The van der Waals surface area contributed by atoms with E-state index in [1.165, 1.54) is 0 Å². The van der Waals surface area contributed by atoms with Gasteiger partial charge in [0.05, 0.1) is 22.9 Å². The first kappa shape index (κ1) is 15.6. The molecule has 2 aromatic rings. The zero-order valence-corrected chi connectivity index (χ0v) is 13.9. The highest BCUT2D eigenvalue weighted by Gasteiger charge is 2.10. The van der Waals surface area contributed by atoms with Crippen molar-refractivity contribution in [2.24, 2.45) is 0 Å². The molecule has 0 aliphatic heterocycles. The number of halogens is 1. The first-order valence-corrected chi connectivity index (χ1v) is 7.50. The van der Waals surface area contributed by atoms with Crippen molar-refractivity contribution in [2.45, 2.75) is 6.92 Å². The number of carbonyl (C=O) groups is 1. The third-order valence-corrected chi connectivity index (χ3v) is 3.57. The average Bonchev–Trinajstić information content (AvgIpc) is 2.50. The summed E-state index contributed by atoms with van der Waals surface area (Å²) in [7, 11) is 1.62. The standard InChI is InChI=1S/C16H15IO4/c1-3-20-16(18)11-4-9-15(14(17)10-11)21-13-7-5-12(19-2)6-8-13/h4-10H,3H2,1-2H3. The smallest absolute Gasteiger partial charge is 0.338 e. The van der Waals surface area contributed by atoms with Crippen molar-refractivity contribution in [3.8, 4) is 17.2 Å². The van der Waals surface area contributed by atoms with Gasteiger partial charge < -0.3 is 14.2 Å². The Morgan fingerprint density at radius 3 is 2.33 bits per heavy atom. The third kappa shape index (κ3) is 4.10. The van der Waals surface area contributed by atoms with E-state index in [0.29, 0.717) is 23.7 Å². The number of methoxy groups -OCH3 is 1. The van der Waals surface area contributed by atoms with E-state index in [4.69, 9.17) is 14.2 Å². The normalized spacial score (nSPS) is 10.0. The Morgan fingerprint density at radius 1 is 1.10 bits per heavy atom. The van der Waals surface area contributed by atoms with Crippen molar-refractivity contribution in [2.75, 3.05) is 13.7 Å². The van der Waals surface area contributed by atoms with Crippen molar-refractivity contribution in [1.29, 1.82) is 0 Å². The minimum atomic E-state index is -0.327. The molecule has 0 radical (unpaired) electrons. The summed E-state index contributed by atoms with van der Waals surface area (Å²) in [5.41, 5.74) is 0.517. The van der Waals surface area contributed by atoms with E-state index in [1.54, 1.807) is 32.2 Å². The molecule has 0 N–H and O–H groups in total. The summed E-state index contributed by atoms with van der Waals surface area (Å²) in [4.78, 5) is 11.7. The first-order chi connectivity index (χ1) is 10.1. The molecule has 0 heterocycles. The Balaban J connectivity index is 2.15. The summed E-state index contributed by atoms with van der Waals surface area (Å²) >= 11 is 2.13. The van der Waals surface area contributed by atoms with Crippen LogP contribution in [0.2, 0.25) is 0 Å². The van der Waals surface area contributed by atoms with Gasteiger partial charge in [-0.2, -0.15) is 0 Å². The maximum atomic E-state index is 11.7. The highest BCUT2D eigenvalue weighted by atomic mass is 127. The number of esters is 1. The molecule has 0 unspecified atom stereocenters. The number of hydrogen-bond donors (Lipinski definition) is 0. The summed E-state index contributed by atoms with van der Waals surface area (Å²) in [6.45, 7) is 2.14. The molecule has 0 amide bonds. The zero-order chi connectivity index (χ0) is 15.2. The van der Waals surface area contributed by atoms with Crippen molar-refractivity contribution in [1.82, 2.24) is 0 Å². The van der Waals surface area contributed by atoms with E-state index < -0.39 is 0 Å². The maximum Gasteiger partial charge on any atom is 0.338 e. The van der Waals surface area contributed by atoms with E-state index in [9.17, 15) is 4.79 Å². The molecule has 0 saturated carbocycles. The lowest BCUT2D eigenvalue weighted by atomic mass is 10.2. The summed E-state index contributed by atoms with van der Waals surface area (Å²) < 4.78 is 16.7. The van der Waals surface area contributed by atoms with Gasteiger partial charge in [-0.1, -0.05) is 0 Å². The molecular weight excluding hydrogens is 383 g/mol. The van der Waals surface area contributed by atoms with Crippen LogP contribution in [-0.4, -0.2) is 19.7 Å².